The van der Waals surface area contributed by atoms with Crippen LogP contribution in [0.1, 0.15) is 6.42 Å². The maximum atomic E-state index is 12.5. The van der Waals surface area contributed by atoms with E-state index in [1.165, 1.54) is 6.08 Å². The van der Waals surface area contributed by atoms with Gasteiger partial charge in [0.05, 0.1) is 0 Å². The van der Waals surface area contributed by atoms with Crippen LogP contribution in [0.25, 0.3) is 0 Å². The van der Waals surface area contributed by atoms with E-state index in [-0.39, 0.29) is 12.0 Å². The van der Waals surface area contributed by atoms with Crippen molar-refractivity contribution in [3.05, 3.63) is 11.6 Å². The molecule has 6 heteroatoms. The standard InChI is InChI=1S/C11H17F3N2S/c1-17-10-7-15-6-9(10)16-4-2-8(3-5-16)11(12,13)14/h2,9-10,15H,3-7H2,1H3. The number of hydrogen-bond acceptors (Lipinski definition) is 3. The van der Waals surface area contributed by atoms with Gasteiger partial charge >= 0.3 is 6.18 Å². The van der Waals surface area contributed by atoms with Crippen molar-refractivity contribution in [3.63, 3.8) is 0 Å². The summed E-state index contributed by atoms with van der Waals surface area (Å²) in [4.78, 5) is 2.16. The number of alkyl halides is 3. The molecule has 2 unspecified atom stereocenters. The number of nitrogens with zero attached hydrogens (tertiary/aromatic N) is 1. The summed E-state index contributed by atoms with van der Waals surface area (Å²) in [6.45, 7) is 2.80. The number of hydrogen-bond donors (Lipinski definition) is 1. The molecule has 0 bridgehead atoms. The first-order valence-electron chi connectivity index (χ1n) is 5.76. The number of thioether (sulfide) groups is 1. The van der Waals surface area contributed by atoms with Gasteiger partial charge < -0.3 is 5.32 Å². The van der Waals surface area contributed by atoms with E-state index in [1.54, 1.807) is 11.8 Å². The molecule has 1 fully saturated rings. The van der Waals surface area contributed by atoms with E-state index in [4.69, 9.17) is 0 Å². The van der Waals surface area contributed by atoms with E-state index in [1.807, 2.05) is 0 Å². The van der Waals surface area contributed by atoms with Gasteiger partial charge in [-0.3, -0.25) is 4.90 Å². The van der Waals surface area contributed by atoms with Gasteiger partial charge in [-0.05, 0) is 12.7 Å². The van der Waals surface area contributed by atoms with Gasteiger partial charge in [-0.2, -0.15) is 24.9 Å². The molecule has 2 nitrogen and oxygen atoms in total. The van der Waals surface area contributed by atoms with Crippen molar-refractivity contribution in [3.8, 4) is 0 Å². The minimum absolute atomic E-state index is 0.126. The molecule has 1 N–H and O–H groups in total. The first kappa shape index (κ1) is 13.2. The Morgan fingerprint density at radius 2 is 2.18 bits per heavy atom. The van der Waals surface area contributed by atoms with Crippen LogP contribution >= 0.6 is 11.8 Å². The molecule has 0 aliphatic carbocycles. The van der Waals surface area contributed by atoms with Crippen LogP contribution in [-0.2, 0) is 0 Å². The number of nitrogens with one attached hydrogen (secondary N) is 1. The molecule has 0 spiro atoms. The fraction of sp³-hybridized carbons (Fsp3) is 0.818. The molecule has 2 aliphatic heterocycles. The first-order valence-corrected chi connectivity index (χ1v) is 7.05. The van der Waals surface area contributed by atoms with E-state index in [0.717, 1.165) is 13.1 Å². The van der Waals surface area contributed by atoms with Crippen LogP contribution in [0.4, 0.5) is 13.2 Å². The van der Waals surface area contributed by atoms with E-state index in [0.29, 0.717) is 24.4 Å². The zero-order chi connectivity index (χ0) is 12.5. The van der Waals surface area contributed by atoms with Crippen LogP contribution in [0.2, 0.25) is 0 Å². The van der Waals surface area contributed by atoms with Crippen molar-refractivity contribution in [2.24, 2.45) is 0 Å². The Bertz CT molecular complexity index is 304. The van der Waals surface area contributed by atoms with Crippen molar-refractivity contribution in [1.82, 2.24) is 10.2 Å². The molecule has 0 radical (unpaired) electrons. The number of halogens is 3. The van der Waals surface area contributed by atoms with Crippen molar-refractivity contribution in [1.29, 1.82) is 0 Å². The van der Waals surface area contributed by atoms with Crippen molar-refractivity contribution >= 4 is 11.8 Å². The smallest absolute Gasteiger partial charge is 0.314 e. The van der Waals surface area contributed by atoms with Gasteiger partial charge in [-0.15, -0.1) is 0 Å². The summed E-state index contributed by atoms with van der Waals surface area (Å²) in [5.74, 6) is 0. The summed E-state index contributed by atoms with van der Waals surface area (Å²) in [7, 11) is 0. The second-order valence-electron chi connectivity index (χ2n) is 4.47. The van der Waals surface area contributed by atoms with Crippen LogP contribution in [0.5, 0.6) is 0 Å². The Morgan fingerprint density at radius 3 is 2.71 bits per heavy atom. The summed E-state index contributed by atoms with van der Waals surface area (Å²) in [5, 5.41) is 3.80. The largest absolute Gasteiger partial charge is 0.412 e. The lowest BCUT2D eigenvalue weighted by Gasteiger charge is -2.34. The number of rotatable bonds is 2. The molecular weight excluding hydrogens is 249 g/mol. The Labute approximate surface area is 104 Å². The second-order valence-corrected chi connectivity index (χ2v) is 5.55. The molecule has 0 aromatic carbocycles. The summed E-state index contributed by atoms with van der Waals surface area (Å²) >= 11 is 1.79. The lowest BCUT2D eigenvalue weighted by molar-refractivity contribution is -0.0963. The summed E-state index contributed by atoms with van der Waals surface area (Å²) in [6.07, 6.45) is -0.606. The quantitative estimate of drug-likeness (QED) is 0.768. The van der Waals surface area contributed by atoms with Crippen molar-refractivity contribution in [2.75, 3.05) is 32.4 Å². The van der Waals surface area contributed by atoms with Gasteiger partial charge in [0.2, 0.25) is 0 Å². The molecule has 0 saturated carbocycles. The Hall–Kier alpha value is -0.200. The molecule has 98 valence electrons. The molecular formula is C11H17F3N2S. The van der Waals surface area contributed by atoms with Gasteiger partial charge in [-0.25, -0.2) is 0 Å². The molecule has 0 aromatic heterocycles. The third-order valence-electron chi connectivity index (χ3n) is 3.50. The van der Waals surface area contributed by atoms with E-state index in [2.05, 4.69) is 16.5 Å². The van der Waals surface area contributed by atoms with E-state index < -0.39 is 6.18 Å². The van der Waals surface area contributed by atoms with Gasteiger partial charge in [-0.1, -0.05) is 6.08 Å². The normalized spacial score (nSPS) is 31.6. The average molecular weight is 266 g/mol. The predicted molar refractivity (Wildman–Crippen MR) is 64.3 cm³/mol. The lowest BCUT2D eigenvalue weighted by Crippen LogP contribution is -2.45. The zero-order valence-corrected chi connectivity index (χ0v) is 10.6. The summed E-state index contributed by atoms with van der Waals surface area (Å²) in [5.41, 5.74) is -0.361. The summed E-state index contributed by atoms with van der Waals surface area (Å²) in [6, 6.07) is 0.371. The third kappa shape index (κ3) is 2.98. The molecule has 0 amide bonds. The highest BCUT2D eigenvalue weighted by molar-refractivity contribution is 7.99. The highest BCUT2D eigenvalue weighted by Crippen LogP contribution is 2.31. The minimum Gasteiger partial charge on any atom is -0.314 e. The molecule has 2 heterocycles. The topological polar surface area (TPSA) is 15.3 Å². The Kier molecular flexibility index (Phi) is 4.05. The molecule has 1 saturated heterocycles. The molecule has 2 rings (SSSR count). The van der Waals surface area contributed by atoms with Crippen LogP contribution < -0.4 is 5.32 Å². The van der Waals surface area contributed by atoms with Crippen LogP contribution in [0, 0.1) is 0 Å². The van der Waals surface area contributed by atoms with Gasteiger partial charge in [0.25, 0.3) is 0 Å². The molecule has 17 heavy (non-hydrogen) atoms. The van der Waals surface area contributed by atoms with Crippen molar-refractivity contribution in [2.45, 2.75) is 23.9 Å². The van der Waals surface area contributed by atoms with Crippen LogP contribution in [0.3, 0.4) is 0 Å². The minimum atomic E-state index is -4.14. The highest BCUT2D eigenvalue weighted by Gasteiger charge is 2.37. The van der Waals surface area contributed by atoms with Crippen LogP contribution in [0.15, 0.2) is 11.6 Å². The van der Waals surface area contributed by atoms with Crippen molar-refractivity contribution < 1.29 is 13.2 Å². The second kappa shape index (κ2) is 5.20. The maximum Gasteiger partial charge on any atom is 0.412 e. The van der Waals surface area contributed by atoms with E-state index >= 15 is 0 Å². The average Bonchev–Trinajstić information content (AvgIpc) is 2.76. The fourth-order valence-electron chi connectivity index (χ4n) is 2.49. The summed E-state index contributed by atoms with van der Waals surface area (Å²) < 4.78 is 37.5. The monoisotopic (exact) mass is 266 g/mol. The molecule has 2 atom stereocenters. The highest BCUT2D eigenvalue weighted by atomic mass is 32.2. The van der Waals surface area contributed by atoms with E-state index in [9.17, 15) is 13.2 Å². The zero-order valence-electron chi connectivity index (χ0n) is 9.76. The Morgan fingerprint density at radius 1 is 1.41 bits per heavy atom. The van der Waals surface area contributed by atoms with Gasteiger partial charge in [0, 0.05) is 43.0 Å². The van der Waals surface area contributed by atoms with Gasteiger partial charge in [0.15, 0.2) is 0 Å². The maximum absolute atomic E-state index is 12.5. The van der Waals surface area contributed by atoms with Gasteiger partial charge in [0.1, 0.15) is 0 Å². The lowest BCUT2D eigenvalue weighted by atomic mass is 10.1. The molecule has 2 aliphatic rings. The SMILES string of the molecule is CSC1CNCC1N1CC=C(C(F)(F)F)CC1. The predicted octanol–water partition coefficient (Wildman–Crippen LogP) is 1.88. The fourth-order valence-corrected chi connectivity index (χ4v) is 3.36. The first-order chi connectivity index (χ1) is 8.02. The third-order valence-corrected chi connectivity index (χ3v) is 4.59. The Balaban J connectivity index is 1.97. The van der Waals surface area contributed by atoms with Crippen LogP contribution in [-0.4, -0.2) is 54.8 Å². The molecule has 0 aromatic rings.